The molecule has 0 radical (unpaired) electrons. The van der Waals surface area contributed by atoms with Crippen molar-refractivity contribution in [1.82, 2.24) is 0 Å². The molecule has 1 aromatic rings. The van der Waals surface area contributed by atoms with Gasteiger partial charge >= 0.3 is 5.97 Å². The first-order chi connectivity index (χ1) is 6.49. The third kappa shape index (κ3) is 1.65. The Morgan fingerprint density at radius 1 is 1.57 bits per heavy atom. The largest absolute Gasteiger partial charge is 0.478 e. The molecule has 0 saturated carbocycles. The van der Waals surface area contributed by atoms with Crippen LogP contribution in [0.15, 0.2) is 11.0 Å². The highest BCUT2D eigenvalue weighted by atomic mass is 32.2. The maximum atomic E-state index is 13.3. The summed E-state index contributed by atoms with van der Waals surface area (Å²) in [6.07, 6.45) is 1.45. The van der Waals surface area contributed by atoms with Crippen LogP contribution < -0.4 is 5.73 Å². The molecule has 0 aliphatic rings. The number of carbonyl (C=O) groups is 1. The highest BCUT2D eigenvalue weighted by Crippen LogP contribution is 2.29. The maximum absolute atomic E-state index is 13.3. The lowest BCUT2D eigenvalue weighted by atomic mass is 10.1. The molecule has 1 aromatic carbocycles. The third-order valence-corrected chi connectivity index (χ3v) is 2.41. The summed E-state index contributed by atoms with van der Waals surface area (Å²) < 4.78 is 26.3. The normalized spacial score (nSPS) is 10.2. The van der Waals surface area contributed by atoms with Crippen LogP contribution in [0.4, 0.5) is 14.5 Å². The summed E-state index contributed by atoms with van der Waals surface area (Å²) in [4.78, 5) is 10.2. The number of benzene rings is 1. The van der Waals surface area contributed by atoms with E-state index in [-0.39, 0.29) is 4.90 Å². The van der Waals surface area contributed by atoms with E-state index in [1.165, 1.54) is 6.26 Å². The van der Waals surface area contributed by atoms with Crippen molar-refractivity contribution in [3.8, 4) is 0 Å². The molecule has 3 nitrogen and oxygen atoms in total. The summed E-state index contributed by atoms with van der Waals surface area (Å²) in [5, 5.41) is 8.61. The second kappa shape index (κ2) is 3.83. The minimum absolute atomic E-state index is 0.336. The first kappa shape index (κ1) is 10.8. The van der Waals surface area contributed by atoms with E-state index >= 15 is 0 Å². The smallest absolute Gasteiger partial charge is 0.340 e. The Bertz CT molecular complexity index is 395. The van der Waals surface area contributed by atoms with Crippen LogP contribution in [0, 0.1) is 11.6 Å². The summed E-state index contributed by atoms with van der Waals surface area (Å²) in [5.74, 6) is -3.48. The molecule has 6 heteroatoms. The molecule has 76 valence electrons. The van der Waals surface area contributed by atoms with Crippen molar-refractivity contribution >= 4 is 23.4 Å². The van der Waals surface area contributed by atoms with E-state index in [4.69, 9.17) is 10.8 Å². The van der Waals surface area contributed by atoms with Crippen LogP contribution >= 0.6 is 11.8 Å². The van der Waals surface area contributed by atoms with E-state index in [1.54, 1.807) is 0 Å². The average molecular weight is 219 g/mol. The van der Waals surface area contributed by atoms with E-state index in [2.05, 4.69) is 0 Å². The molecule has 0 spiro atoms. The zero-order valence-corrected chi connectivity index (χ0v) is 7.99. The molecule has 3 N–H and O–H groups in total. The number of nitrogen functional groups attached to an aromatic ring is 1. The number of thioether (sulfide) groups is 1. The molecule has 0 fully saturated rings. The molecule has 0 atom stereocenters. The van der Waals surface area contributed by atoms with Gasteiger partial charge in [-0.05, 0) is 12.3 Å². The van der Waals surface area contributed by atoms with Gasteiger partial charge in [0.2, 0.25) is 0 Å². The molecule has 0 aliphatic heterocycles. The lowest BCUT2D eigenvalue weighted by Gasteiger charge is -2.07. The van der Waals surface area contributed by atoms with Gasteiger partial charge in [-0.3, -0.25) is 0 Å². The van der Waals surface area contributed by atoms with Crippen LogP contribution in [0.1, 0.15) is 10.4 Å². The van der Waals surface area contributed by atoms with Gasteiger partial charge in [0, 0.05) is 0 Å². The van der Waals surface area contributed by atoms with Crippen molar-refractivity contribution < 1.29 is 18.7 Å². The SMILES string of the molecule is CSc1c(F)cc(N)c(C(=O)O)c1F. The van der Waals surface area contributed by atoms with Crippen molar-refractivity contribution in [3.63, 3.8) is 0 Å². The van der Waals surface area contributed by atoms with Crippen LogP contribution in [0.2, 0.25) is 0 Å². The van der Waals surface area contributed by atoms with Crippen LogP contribution in [-0.4, -0.2) is 17.3 Å². The predicted octanol–water partition coefficient (Wildman–Crippen LogP) is 1.97. The van der Waals surface area contributed by atoms with E-state index in [9.17, 15) is 13.6 Å². The number of hydrogen-bond donors (Lipinski definition) is 2. The number of carboxylic acids is 1. The Hall–Kier alpha value is -1.30. The summed E-state index contributed by atoms with van der Waals surface area (Å²) in [6.45, 7) is 0. The minimum Gasteiger partial charge on any atom is -0.478 e. The molecule has 0 saturated heterocycles. The Morgan fingerprint density at radius 3 is 2.57 bits per heavy atom. The Balaban J connectivity index is 3.52. The van der Waals surface area contributed by atoms with Crippen LogP contribution in [-0.2, 0) is 0 Å². The monoisotopic (exact) mass is 219 g/mol. The summed E-state index contributed by atoms with van der Waals surface area (Å²) in [7, 11) is 0. The molecule has 0 amide bonds. The summed E-state index contributed by atoms with van der Waals surface area (Å²) in [5.41, 5.74) is 4.08. The van der Waals surface area contributed by atoms with Crippen molar-refractivity contribution in [3.05, 3.63) is 23.3 Å². The van der Waals surface area contributed by atoms with E-state index in [0.717, 1.165) is 17.8 Å². The van der Waals surface area contributed by atoms with Crippen LogP contribution in [0.3, 0.4) is 0 Å². The highest BCUT2D eigenvalue weighted by Gasteiger charge is 2.21. The molecule has 14 heavy (non-hydrogen) atoms. The van der Waals surface area contributed by atoms with Gasteiger partial charge < -0.3 is 10.8 Å². The molecule has 0 bridgehead atoms. The fraction of sp³-hybridized carbons (Fsp3) is 0.125. The average Bonchev–Trinajstić information content (AvgIpc) is 2.02. The van der Waals surface area contributed by atoms with Gasteiger partial charge in [-0.1, -0.05) is 0 Å². The third-order valence-electron chi connectivity index (χ3n) is 1.62. The van der Waals surface area contributed by atoms with Crippen LogP contribution in [0.5, 0.6) is 0 Å². The number of rotatable bonds is 2. The second-order valence-electron chi connectivity index (χ2n) is 2.48. The molecule has 0 heterocycles. The van der Waals surface area contributed by atoms with E-state index in [1.807, 2.05) is 0 Å². The molecule has 0 unspecified atom stereocenters. The topological polar surface area (TPSA) is 63.3 Å². The Kier molecular flexibility index (Phi) is 2.95. The summed E-state index contributed by atoms with van der Waals surface area (Å²) in [6, 6.07) is 0.804. The molecular weight excluding hydrogens is 212 g/mol. The van der Waals surface area contributed by atoms with Crippen molar-refractivity contribution in [2.75, 3.05) is 12.0 Å². The van der Waals surface area contributed by atoms with Gasteiger partial charge in [0.15, 0.2) is 5.82 Å². The van der Waals surface area contributed by atoms with Crippen molar-refractivity contribution in [2.24, 2.45) is 0 Å². The lowest BCUT2D eigenvalue weighted by molar-refractivity contribution is 0.0692. The van der Waals surface area contributed by atoms with Gasteiger partial charge in [0.05, 0.1) is 10.6 Å². The van der Waals surface area contributed by atoms with Gasteiger partial charge in [-0.25, -0.2) is 13.6 Å². The van der Waals surface area contributed by atoms with Gasteiger partial charge in [-0.15, -0.1) is 11.8 Å². The molecule has 0 aromatic heterocycles. The maximum Gasteiger partial charge on any atom is 0.340 e. The highest BCUT2D eigenvalue weighted by molar-refractivity contribution is 7.98. The van der Waals surface area contributed by atoms with Crippen LogP contribution in [0.25, 0.3) is 0 Å². The number of anilines is 1. The molecule has 0 aliphatic carbocycles. The number of hydrogen-bond acceptors (Lipinski definition) is 3. The molecule has 1 rings (SSSR count). The number of halogens is 2. The standard InChI is InChI=1S/C8H7F2NO2S/c1-14-7-3(9)2-4(11)5(6(7)10)8(12)13/h2H,11H2,1H3,(H,12,13). The zero-order valence-electron chi connectivity index (χ0n) is 7.17. The predicted molar refractivity (Wildman–Crippen MR) is 49.5 cm³/mol. The first-order valence-electron chi connectivity index (χ1n) is 3.53. The number of carboxylic acid groups (broad SMARTS) is 1. The first-order valence-corrected chi connectivity index (χ1v) is 4.76. The van der Waals surface area contributed by atoms with E-state index < -0.39 is 28.9 Å². The second-order valence-corrected chi connectivity index (χ2v) is 3.29. The lowest BCUT2D eigenvalue weighted by Crippen LogP contribution is -2.08. The Morgan fingerprint density at radius 2 is 2.14 bits per heavy atom. The van der Waals surface area contributed by atoms with Gasteiger partial charge in [-0.2, -0.15) is 0 Å². The van der Waals surface area contributed by atoms with Crippen molar-refractivity contribution in [1.29, 1.82) is 0 Å². The van der Waals surface area contributed by atoms with Gasteiger partial charge in [0.1, 0.15) is 11.4 Å². The van der Waals surface area contributed by atoms with Crippen molar-refractivity contribution in [2.45, 2.75) is 4.90 Å². The van der Waals surface area contributed by atoms with E-state index in [0.29, 0.717) is 0 Å². The minimum atomic E-state index is -1.50. The quantitative estimate of drug-likeness (QED) is 0.589. The molecular formula is C8H7F2NO2S. The fourth-order valence-electron chi connectivity index (χ4n) is 1.02. The number of nitrogens with two attached hydrogens (primary N) is 1. The zero-order chi connectivity index (χ0) is 10.9. The van der Waals surface area contributed by atoms with Gasteiger partial charge in [0.25, 0.3) is 0 Å². The fourth-order valence-corrected chi connectivity index (χ4v) is 1.56. The number of aromatic carboxylic acids is 1. The Labute approximate surface area is 82.9 Å². The summed E-state index contributed by atoms with van der Waals surface area (Å²) >= 11 is 0.793.